The average Bonchev–Trinajstić information content (AvgIpc) is 2.42. The normalized spacial score (nSPS) is 10.4. The predicted octanol–water partition coefficient (Wildman–Crippen LogP) is 4.56. The third-order valence-electron chi connectivity index (χ3n) is 2.74. The Bertz CT molecular complexity index is 540. The summed E-state index contributed by atoms with van der Waals surface area (Å²) in [7, 11) is 0. The van der Waals surface area contributed by atoms with Crippen LogP contribution in [0, 0.1) is 0 Å². The number of benzene rings is 2. The smallest absolute Gasteiger partial charge is 0.142 e. The number of halogens is 2. The lowest BCUT2D eigenvalue weighted by molar-refractivity contribution is 0.304. The Labute approximate surface area is 126 Å². The Balaban J connectivity index is 2.00. The van der Waals surface area contributed by atoms with Crippen LogP contribution in [0.25, 0.3) is 0 Å². The molecule has 0 saturated heterocycles. The summed E-state index contributed by atoms with van der Waals surface area (Å²) in [5, 5.41) is 10.7. The van der Waals surface area contributed by atoms with Gasteiger partial charge in [0.25, 0.3) is 0 Å². The van der Waals surface area contributed by atoms with E-state index in [-0.39, 0.29) is 10.8 Å². The fourth-order valence-corrected chi connectivity index (χ4v) is 2.32. The van der Waals surface area contributed by atoms with E-state index in [0.717, 1.165) is 17.3 Å². The molecule has 0 aliphatic heterocycles. The van der Waals surface area contributed by atoms with Crippen molar-refractivity contribution in [1.29, 1.82) is 0 Å². The van der Waals surface area contributed by atoms with E-state index in [1.807, 2.05) is 12.1 Å². The molecule has 2 aromatic rings. The Hall–Kier alpha value is -1.19. The van der Waals surface area contributed by atoms with Gasteiger partial charge in [-0.1, -0.05) is 57.9 Å². The number of ether oxygens (including phenoxy) is 1. The molecule has 0 heterocycles. The second kappa shape index (κ2) is 6.83. The van der Waals surface area contributed by atoms with Crippen LogP contribution in [0.2, 0.25) is 5.02 Å². The monoisotopic (exact) mass is 340 g/mol. The molecule has 100 valence electrons. The summed E-state index contributed by atoms with van der Waals surface area (Å²) < 4.78 is 5.60. The van der Waals surface area contributed by atoms with Crippen molar-refractivity contribution in [3.8, 4) is 11.5 Å². The average molecular weight is 342 g/mol. The molecule has 2 aromatic carbocycles. The first-order valence-corrected chi connectivity index (χ1v) is 7.44. The minimum atomic E-state index is 0.0341. The molecule has 0 fully saturated rings. The van der Waals surface area contributed by atoms with Crippen LogP contribution in [-0.2, 0) is 13.0 Å². The van der Waals surface area contributed by atoms with E-state index in [1.165, 1.54) is 11.6 Å². The first-order chi connectivity index (χ1) is 9.20. The largest absolute Gasteiger partial charge is 0.506 e. The van der Waals surface area contributed by atoms with E-state index in [4.69, 9.17) is 16.3 Å². The number of hydrogen-bond acceptors (Lipinski definition) is 2. The molecule has 0 spiro atoms. The van der Waals surface area contributed by atoms with Gasteiger partial charge >= 0.3 is 0 Å². The third kappa shape index (κ3) is 3.88. The highest BCUT2D eigenvalue weighted by atomic mass is 79.9. The standard InChI is InChI=1S/C15H14BrClO2/c16-9-8-11-4-6-12(7-5-11)10-19-14-3-1-2-13(18)15(14)17/h1-7,18H,8-10H2. The van der Waals surface area contributed by atoms with Crippen molar-refractivity contribution in [1.82, 2.24) is 0 Å². The predicted molar refractivity (Wildman–Crippen MR) is 81.4 cm³/mol. The molecule has 0 aliphatic carbocycles. The van der Waals surface area contributed by atoms with Crippen LogP contribution in [0.1, 0.15) is 11.1 Å². The van der Waals surface area contributed by atoms with E-state index in [0.29, 0.717) is 12.4 Å². The molecule has 1 N–H and O–H groups in total. The highest BCUT2D eigenvalue weighted by molar-refractivity contribution is 9.09. The molecule has 0 saturated carbocycles. The van der Waals surface area contributed by atoms with Crippen molar-refractivity contribution in [3.05, 3.63) is 58.6 Å². The van der Waals surface area contributed by atoms with Crippen LogP contribution in [0.15, 0.2) is 42.5 Å². The first-order valence-electron chi connectivity index (χ1n) is 5.95. The van der Waals surface area contributed by atoms with E-state index >= 15 is 0 Å². The molecular weight excluding hydrogens is 328 g/mol. The van der Waals surface area contributed by atoms with Crippen molar-refractivity contribution in [3.63, 3.8) is 0 Å². The van der Waals surface area contributed by atoms with Gasteiger partial charge < -0.3 is 9.84 Å². The molecule has 0 radical (unpaired) electrons. The molecule has 2 rings (SSSR count). The van der Waals surface area contributed by atoms with Crippen LogP contribution >= 0.6 is 27.5 Å². The third-order valence-corrected chi connectivity index (χ3v) is 3.52. The number of aromatic hydroxyl groups is 1. The van der Waals surface area contributed by atoms with Gasteiger partial charge in [0, 0.05) is 5.33 Å². The van der Waals surface area contributed by atoms with Crippen LogP contribution in [0.3, 0.4) is 0 Å². The number of aryl methyl sites for hydroxylation is 1. The second-order valence-corrected chi connectivity index (χ2v) is 5.30. The van der Waals surface area contributed by atoms with Crippen molar-refractivity contribution < 1.29 is 9.84 Å². The maximum Gasteiger partial charge on any atom is 0.142 e. The summed E-state index contributed by atoms with van der Waals surface area (Å²) in [5.74, 6) is 0.526. The van der Waals surface area contributed by atoms with E-state index in [2.05, 4.69) is 28.1 Å². The summed E-state index contributed by atoms with van der Waals surface area (Å²) in [5.41, 5.74) is 2.36. The number of alkyl halides is 1. The van der Waals surface area contributed by atoms with Crippen molar-refractivity contribution in [2.24, 2.45) is 0 Å². The Morgan fingerprint density at radius 1 is 1.05 bits per heavy atom. The number of hydrogen-bond donors (Lipinski definition) is 1. The second-order valence-electron chi connectivity index (χ2n) is 4.13. The highest BCUT2D eigenvalue weighted by Gasteiger charge is 2.06. The zero-order valence-electron chi connectivity index (χ0n) is 10.3. The summed E-state index contributed by atoms with van der Waals surface area (Å²) >= 11 is 9.36. The summed E-state index contributed by atoms with van der Waals surface area (Å²) in [4.78, 5) is 0. The Morgan fingerprint density at radius 3 is 2.42 bits per heavy atom. The molecule has 0 atom stereocenters. The van der Waals surface area contributed by atoms with Gasteiger partial charge in [0.05, 0.1) is 0 Å². The quantitative estimate of drug-likeness (QED) is 0.808. The number of phenols is 1. The van der Waals surface area contributed by atoms with Crippen LogP contribution in [0.4, 0.5) is 0 Å². The first kappa shape index (κ1) is 14.2. The molecule has 0 bridgehead atoms. The van der Waals surface area contributed by atoms with Crippen LogP contribution < -0.4 is 4.74 Å². The molecule has 2 nitrogen and oxygen atoms in total. The maximum absolute atomic E-state index is 9.48. The fraction of sp³-hybridized carbons (Fsp3) is 0.200. The lowest BCUT2D eigenvalue weighted by Gasteiger charge is -2.09. The lowest BCUT2D eigenvalue weighted by atomic mass is 10.1. The van der Waals surface area contributed by atoms with Crippen LogP contribution in [-0.4, -0.2) is 10.4 Å². The number of rotatable bonds is 5. The lowest BCUT2D eigenvalue weighted by Crippen LogP contribution is -1.96. The summed E-state index contributed by atoms with van der Waals surface area (Å²) in [6.45, 7) is 0.428. The van der Waals surface area contributed by atoms with Gasteiger partial charge in [-0.2, -0.15) is 0 Å². The molecular formula is C15H14BrClO2. The maximum atomic E-state index is 9.48. The van der Waals surface area contributed by atoms with Gasteiger partial charge in [-0.15, -0.1) is 0 Å². The molecule has 19 heavy (non-hydrogen) atoms. The zero-order valence-corrected chi connectivity index (χ0v) is 12.6. The van der Waals surface area contributed by atoms with Crippen molar-refractivity contribution in [2.75, 3.05) is 5.33 Å². The van der Waals surface area contributed by atoms with Gasteiger partial charge in [-0.3, -0.25) is 0 Å². The van der Waals surface area contributed by atoms with E-state index in [1.54, 1.807) is 12.1 Å². The molecule has 4 heteroatoms. The fourth-order valence-electron chi connectivity index (χ4n) is 1.68. The molecule has 0 aromatic heterocycles. The van der Waals surface area contributed by atoms with E-state index < -0.39 is 0 Å². The van der Waals surface area contributed by atoms with Crippen molar-refractivity contribution >= 4 is 27.5 Å². The van der Waals surface area contributed by atoms with Crippen molar-refractivity contribution in [2.45, 2.75) is 13.0 Å². The summed E-state index contributed by atoms with van der Waals surface area (Å²) in [6.07, 6.45) is 1.01. The van der Waals surface area contributed by atoms with Gasteiger partial charge in [-0.05, 0) is 29.7 Å². The van der Waals surface area contributed by atoms with Gasteiger partial charge in [0.15, 0.2) is 0 Å². The Morgan fingerprint density at radius 2 is 1.74 bits per heavy atom. The Kier molecular flexibility index (Phi) is 5.11. The minimum Gasteiger partial charge on any atom is -0.506 e. The number of phenolic OH excluding ortho intramolecular Hbond substituents is 1. The summed E-state index contributed by atoms with van der Waals surface area (Å²) in [6, 6.07) is 13.2. The zero-order chi connectivity index (χ0) is 13.7. The topological polar surface area (TPSA) is 29.5 Å². The molecule has 0 amide bonds. The van der Waals surface area contributed by atoms with E-state index in [9.17, 15) is 5.11 Å². The van der Waals surface area contributed by atoms with Gasteiger partial charge in [0.2, 0.25) is 0 Å². The van der Waals surface area contributed by atoms with Gasteiger partial charge in [-0.25, -0.2) is 0 Å². The van der Waals surface area contributed by atoms with Gasteiger partial charge in [0.1, 0.15) is 23.1 Å². The molecule has 0 aliphatic rings. The van der Waals surface area contributed by atoms with Crippen LogP contribution in [0.5, 0.6) is 11.5 Å². The molecule has 0 unspecified atom stereocenters. The minimum absolute atomic E-state index is 0.0341. The highest BCUT2D eigenvalue weighted by Crippen LogP contribution is 2.33. The SMILES string of the molecule is Oc1cccc(OCc2ccc(CCBr)cc2)c1Cl.